The predicted molar refractivity (Wildman–Crippen MR) is 78.4 cm³/mol. The topological polar surface area (TPSA) is 15.3 Å². The molecule has 0 saturated carbocycles. The number of rotatable bonds is 4. The molecular formula is C14H20Cl2N2. The summed E-state index contributed by atoms with van der Waals surface area (Å²) < 4.78 is 0. The van der Waals surface area contributed by atoms with Gasteiger partial charge in [-0.25, -0.2) is 0 Å². The Hall–Kier alpha value is -0.280. The molecule has 0 aliphatic carbocycles. The maximum Gasteiger partial charge on any atom is 0.0465 e. The minimum Gasteiger partial charge on any atom is -0.318 e. The van der Waals surface area contributed by atoms with Crippen LogP contribution in [0, 0.1) is 0 Å². The molecule has 1 unspecified atom stereocenters. The van der Waals surface area contributed by atoms with Crippen molar-refractivity contribution in [2.24, 2.45) is 0 Å². The van der Waals surface area contributed by atoms with Gasteiger partial charge in [-0.1, -0.05) is 35.7 Å². The first kappa shape index (κ1) is 14.1. The Balaban J connectivity index is 2.06. The minimum atomic E-state index is 0.621. The Bertz CT molecular complexity index is 393. The Morgan fingerprint density at radius 2 is 2.17 bits per heavy atom. The molecule has 1 aliphatic heterocycles. The summed E-state index contributed by atoms with van der Waals surface area (Å²) in [4.78, 5) is 2.52. The molecule has 0 bridgehead atoms. The summed E-state index contributed by atoms with van der Waals surface area (Å²) >= 11 is 12.2. The molecule has 1 aromatic carbocycles. The second kappa shape index (κ2) is 6.76. The second-order valence-electron chi connectivity index (χ2n) is 4.91. The molecule has 2 rings (SSSR count). The molecule has 1 N–H and O–H groups in total. The van der Waals surface area contributed by atoms with Crippen LogP contribution in [0.15, 0.2) is 18.2 Å². The van der Waals surface area contributed by atoms with Crippen LogP contribution in [0.5, 0.6) is 0 Å². The van der Waals surface area contributed by atoms with Gasteiger partial charge in [-0.3, -0.25) is 4.90 Å². The van der Waals surface area contributed by atoms with Crippen LogP contribution in [-0.2, 0) is 6.54 Å². The number of hydrogen-bond donors (Lipinski definition) is 1. The van der Waals surface area contributed by atoms with Gasteiger partial charge in [0.15, 0.2) is 0 Å². The first-order valence-electron chi connectivity index (χ1n) is 6.53. The van der Waals surface area contributed by atoms with Crippen molar-refractivity contribution in [3.05, 3.63) is 33.8 Å². The average molecular weight is 287 g/mol. The van der Waals surface area contributed by atoms with Gasteiger partial charge in [0.25, 0.3) is 0 Å². The van der Waals surface area contributed by atoms with E-state index in [4.69, 9.17) is 23.2 Å². The van der Waals surface area contributed by atoms with Gasteiger partial charge in [-0.15, -0.1) is 0 Å². The van der Waals surface area contributed by atoms with Crippen molar-refractivity contribution in [3.63, 3.8) is 0 Å². The molecule has 18 heavy (non-hydrogen) atoms. The highest BCUT2D eigenvalue weighted by molar-refractivity contribution is 6.35. The number of likely N-dealkylation sites (tertiary alicyclic amines) is 1. The van der Waals surface area contributed by atoms with Crippen molar-refractivity contribution in [3.8, 4) is 0 Å². The largest absolute Gasteiger partial charge is 0.318 e. The van der Waals surface area contributed by atoms with Crippen LogP contribution in [0.3, 0.4) is 0 Å². The Kier molecular flexibility index (Phi) is 5.31. The van der Waals surface area contributed by atoms with E-state index in [2.05, 4.69) is 10.2 Å². The maximum absolute atomic E-state index is 6.25. The molecule has 0 aromatic heterocycles. The van der Waals surface area contributed by atoms with E-state index < -0.39 is 0 Å². The predicted octanol–water partition coefficient (Wildman–Crippen LogP) is 3.57. The van der Waals surface area contributed by atoms with Crippen molar-refractivity contribution < 1.29 is 0 Å². The summed E-state index contributed by atoms with van der Waals surface area (Å²) in [5.74, 6) is 0. The van der Waals surface area contributed by atoms with Crippen LogP contribution < -0.4 is 5.32 Å². The summed E-state index contributed by atoms with van der Waals surface area (Å²) in [5.41, 5.74) is 1.17. The molecule has 0 spiro atoms. The highest BCUT2D eigenvalue weighted by Crippen LogP contribution is 2.25. The highest BCUT2D eigenvalue weighted by Gasteiger charge is 2.22. The number of nitrogens with zero attached hydrogens (tertiary/aromatic N) is 1. The van der Waals surface area contributed by atoms with Crippen LogP contribution >= 0.6 is 23.2 Å². The summed E-state index contributed by atoms with van der Waals surface area (Å²) in [6.07, 6.45) is 3.88. The lowest BCUT2D eigenvalue weighted by atomic mass is 10.0. The molecule has 0 amide bonds. The van der Waals surface area contributed by atoms with Crippen LogP contribution in [0.4, 0.5) is 0 Å². The summed E-state index contributed by atoms with van der Waals surface area (Å²) in [6.45, 7) is 3.12. The summed E-state index contributed by atoms with van der Waals surface area (Å²) in [7, 11) is 2.02. The van der Waals surface area contributed by atoms with E-state index >= 15 is 0 Å². The zero-order valence-electron chi connectivity index (χ0n) is 10.8. The van der Waals surface area contributed by atoms with E-state index in [1.165, 1.54) is 24.8 Å². The van der Waals surface area contributed by atoms with Crippen molar-refractivity contribution >= 4 is 23.2 Å². The van der Waals surface area contributed by atoms with E-state index in [1.807, 2.05) is 25.2 Å². The molecule has 100 valence electrons. The summed E-state index contributed by atoms with van der Waals surface area (Å²) in [6, 6.07) is 6.40. The fraction of sp³-hybridized carbons (Fsp3) is 0.571. The van der Waals surface area contributed by atoms with Gasteiger partial charge >= 0.3 is 0 Å². The van der Waals surface area contributed by atoms with E-state index in [0.717, 1.165) is 24.7 Å². The fourth-order valence-electron chi connectivity index (χ4n) is 2.60. The number of hydrogen-bond acceptors (Lipinski definition) is 2. The SMILES string of the molecule is CNCC1CCCCN1Cc1ccc(Cl)cc1Cl. The number of benzene rings is 1. The normalized spacial score (nSPS) is 21.2. The van der Waals surface area contributed by atoms with Crippen molar-refractivity contribution in [2.75, 3.05) is 20.1 Å². The van der Waals surface area contributed by atoms with Gasteiger partial charge in [0, 0.05) is 29.2 Å². The van der Waals surface area contributed by atoms with Gasteiger partial charge < -0.3 is 5.32 Å². The lowest BCUT2D eigenvalue weighted by Gasteiger charge is -2.35. The van der Waals surface area contributed by atoms with Crippen molar-refractivity contribution in [2.45, 2.75) is 31.8 Å². The van der Waals surface area contributed by atoms with Gasteiger partial charge in [-0.2, -0.15) is 0 Å². The Morgan fingerprint density at radius 3 is 2.89 bits per heavy atom. The zero-order chi connectivity index (χ0) is 13.0. The maximum atomic E-state index is 6.25. The molecule has 1 fully saturated rings. The number of piperidine rings is 1. The van der Waals surface area contributed by atoms with Gasteiger partial charge in [0.05, 0.1) is 0 Å². The number of likely N-dealkylation sites (N-methyl/N-ethyl adjacent to an activating group) is 1. The molecule has 4 heteroatoms. The molecule has 1 atom stereocenters. The second-order valence-corrected chi connectivity index (χ2v) is 5.76. The van der Waals surface area contributed by atoms with Crippen molar-refractivity contribution in [1.29, 1.82) is 0 Å². The van der Waals surface area contributed by atoms with Crippen LogP contribution in [0.2, 0.25) is 10.0 Å². The quantitative estimate of drug-likeness (QED) is 0.910. The van der Waals surface area contributed by atoms with Crippen LogP contribution in [0.25, 0.3) is 0 Å². The number of halogens is 2. The molecule has 1 aromatic rings. The fourth-order valence-corrected chi connectivity index (χ4v) is 3.07. The average Bonchev–Trinajstić information content (AvgIpc) is 2.35. The lowest BCUT2D eigenvalue weighted by Crippen LogP contribution is -2.44. The van der Waals surface area contributed by atoms with E-state index in [9.17, 15) is 0 Å². The molecule has 0 radical (unpaired) electrons. The third-order valence-corrected chi connectivity index (χ3v) is 4.16. The smallest absolute Gasteiger partial charge is 0.0465 e. The molecule has 1 aliphatic rings. The van der Waals surface area contributed by atoms with Crippen molar-refractivity contribution in [1.82, 2.24) is 10.2 Å². The van der Waals surface area contributed by atoms with E-state index in [1.54, 1.807) is 0 Å². The standard InChI is InChI=1S/C14H20Cl2N2/c1-17-9-13-4-2-3-7-18(13)10-11-5-6-12(15)8-14(11)16/h5-6,8,13,17H,2-4,7,9-10H2,1H3. The van der Waals surface area contributed by atoms with Crippen LogP contribution in [-0.4, -0.2) is 31.1 Å². The monoisotopic (exact) mass is 286 g/mol. The molecule has 1 saturated heterocycles. The first-order valence-corrected chi connectivity index (χ1v) is 7.29. The number of nitrogens with one attached hydrogen (secondary N) is 1. The lowest BCUT2D eigenvalue weighted by molar-refractivity contribution is 0.139. The highest BCUT2D eigenvalue weighted by atomic mass is 35.5. The first-order chi connectivity index (χ1) is 8.70. The zero-order valence-corrected chi connectivity index (χ0v) is 12.3. The molecular weight excluding hydrogens is 267 g/mol. The van der Waals surface area contributed by atoms with Gasteiger partial charge in [-0.05, 0) is 44.1 Å². The van der Waals surface area contributed by atoms with Crippen LogP contribution in [0.1, 0.15) is 24.8 Å². The van der Waals surface area contributed by atoms with Gasteiger partial charge in [0.2, 0.25) is 0 Å². The van der Waals surface area contributed by atoms with E-state index in [0.29, 0.717) is 11.1 Å². The van der Waals surface area contributed by atoms with E-state index in [-0.39, 0.29) is 0 Å². The molecule has 1 heterocycles. The Labute approximate surface area is 119 Å². The molecule has 2 nitrogen and oxygen atoms in total. The summed E-state index contributed by atoms with van der Waals surface area (Å²) in [5, 5.41) is 4.76. The minimum absolute atomic E-state index is 0.621. The third-order valence-electron chi connectivity index (χ3n) is 3.58. The third kappa shape index (κ3) is 3.61. The Morgan fingerprint density at radius 1 is 1.33 bits per heavy atom. The van der Waals surface area contributed by atoms with Gasteiger partial charge in [0.1, 0.15) is 0 Å².